The average Bonchev–Trinajstić information content (AvgIpc) is 2.69. The Labute approximate surface area is 122 Å². The molecule has 0 N–H and O–H groups in total. The zero-order valence-corrected chi connectivity index (χ0v) is 12.3. The largest absolute Gasteiger partial charge is 0.287 e. The second kappa shape index (κ2) is 5.76. The van der Waals surface area contributed by atoms with Crippen molar-refractivity contribution >= 4 is 29.0 Å². The van der Waals surface area contributed by atoms with Gasteiger partial charge in [0, 0.05) is 17.1 Å². The maximum Gasteiger partial charge on any atom is 0.212 e. The van der Waals surface area contributed by atoms with Crippen molar-refractivity contribution in [2.24, 2.45) is 0 Å². The molecule has 2 rings (SSSR count). The molecule has 100 valence electrons. The van der Waals surface area contributed by atoms with E-state index in [0.29, 0.717) is 27.8 Å². The molecule has 0 bridgehead atoms. The first-order chi connectivity index (χ1) is 9.02. The summed E-state index contributed by atoms with van der Waals surface area (Å²) in [6, 6.07) is 5.26. The molecule has 0 aliphatic heterocycles. The van der Waals surface area contributed by atoms with Crippen LogP contribution in [0.2, 0.25) is 10.0 Å². The van der Waals surface area contributed by atoms with Crippen molar-refractivity contribution in [3.05, 3.63) is 51.3 Å². The number of carbonyl (C=O) groups is 1. The molecule has 0 amide bonds. The van der Waals surface area contributed by atoms with Gasteiger partial charge in [-0.05, 0) is 37.1 Å². The van der Waals surface area contributed by atoms with Gasteiger partial charge < -0.3 is 0 Å². The Morgan fingerprint density at radius 2 is 2.05 bits per heavy atom. The van der Waals surface area contributed by atoms with Crippen molar-refractivity contribution in [3.8, 4) is 0 Å². The zero-order chi connectivity index (χ0) is 14.0. The van der Waals surface area contributed by atoms with Crippen molar-refractivity contribution in [1.82, 2.24) is 9.78 Å². The lowest BCUT2D eigenvalue weighted by Gasteiger charge is -2.07. The zero-order valence-electron chi connectivity index (χ0n) is 10.8. The van der Waals surface area contributed by atoms with Crippen LogP contribution in [0.4, 0.5) is 0 Å². The summed E-state index contributed by atoms with van der Waals surface area (Å²) < 4.78 is 1.64. The van der Waals surface area contributed by atoms with Gasteiger partial charge in [-0.1, -0.05) is 30.1 Å². The third kappa shape index (κ3) is 2.99. The number of rotatable bonds is 4. The fourth-order valence-electron chi connectivity index (χ4n) is 1.97. The number of nitrogens with zero attached hydrogens (tertiary/aromatic N) is 2. The highest BCUT2D eigenvalue weighted by atomic mass is 35.5. The number of aryl methyl sites for hydroxylation is 2. The molecule has 1 heterocycles. The summed E-state index contributed by atoms with van der Waals surface area (Å²) in [6.45, 7) is 4.58. The molecule has 0 fully saturated rings. The van der Waals surface area contributed by atoms with Crippen LogP contribution in [0.1, 0.15) is 35.0 Å². The van der Waals surface area contributed by atoms with E-state index in [1.54, 1.807) is 16.8 Å². The summed E-state index contributed by atoms with van der Waals surface area (Å²) in [6.07, 6.45) is 2.38. The number of carbonyl (C=O) groups excluding carboxylic acids is 1. The predicted molar refractivity (Wildman–Crippen MR) is 77.1 cm³/mol. The minimum Gasteiger partial charge on any atom is -0.287 e. The maximum absolute atomic E-state index is 12.5. The van der Waals surface area contributed by atoms with Crippen LogP contribution >= 0.6 is 23.2 Å². The van der Waals surface area contributed by atoms with Crippen molar-refractivity contribution in [3.63, 3.8) is 0 Å². The van der Waals surface area contributed by atoms with E-state index in [9.17, 15) is 4.79 Å². The van der Waals surface area contributed by atoms with Crippen LogP contribution in [0.5, 0.6) is 0 Å². The Morgan fingerprint density at radius 3 is 2.68 bits per heavy atom. The smallest absolute Gasteiger partial charge is 0.212 e. The van der Waals surface area contributed by atoms with Gasteiger partial charge in [0.1, 0.15) is 5.69 Å². The van der Waals surface area contributed by atoms with Crippen LogP contribution < -0.4 is 0 Å². The van der Waals surface area contributed by atoms with Gasteiger partial charge >= 0.3 is 0 Å². The molecule has 0 aliphatic rings. The van der Waals surface area contributed by atoms with E-state index < -0.39 is 0 Å². The number of halogens is 2. The standard InChI is InChI=1S/C14H14Cl2N2O/c1-3-4-18-13(12(16)8-17-18)14(19)10-5-9(2)6-11(15)7-10/h5-8H,3-4H2,1-2H3. The van der Waals surface area contributed by atoms with Crippen LogP contribution in [0, 0.1) is 6.92 Å². The Morgan fingerprint density at radius 1 is 1.32 bits per heavy atom. The van der Waals surface area contributed by atoms with E-state index in [0.717, 1.165) is 12.0 Å². The monoisotopic (exact) mass is 296 g/mol. The lowest BCUT2D eigenvalue weighted by atomic mass is 10.1. The number of hydrogen-bond donors (Lipinski definition) is 0. The summed E-state index contributed by atoms with van der Waals surface area (Å²) in [5.74, 6) is -0.151. The normalized spacial score (nSPS) is 10.7. The minimum atomic E-state index is -0.151. The number of ketones is 1. The first-order valence-corrected chi connectivity index (χ1v) is 6.81. The van der Waals surface area contributed by atoms with Gasteiger partial charge in [-0.25, -0.2) is 0 Å². The Bertz CT molecular complexity index is 600. The highest BCUT2D eigenvalue weighted by molar-refractivity contribution is 6.35. The fraction of sp³-hybridized carbons (Fsp3) is 0.286. The van der Waals surface area contributed by atoms with E-state index in [-0.39, 0.29) is 5.78 Å². The highest BCUT2D eigenvalue weighted by Gasteiger charge is 2.19. The third-order valence-electron chi connectivity index (χ3n) is 2.75. The Balaban J connectivity index is 2.46. The summed E-state index contributed by atoms with van der Waals surface area (Å²) in [5.41, 5.74) is 1.89. The molecule has 0 saturated carbocycles. The molecule has 0 saturated heterocycles. The van der Waals surface area contributed by atoms with Crippen LogP contribution in [0.3, 0.4) is 0 Å². The Kier molecular flexibility index (Phi) is 4.27. The molecule has 0 aliphatic carbocycles. The van der Waals surface area contributed by atoms with Gasteiger partial charge in [-0.2, -0.15) is 5.10 Å². The lowest BCUT2D eigenvalue weighted by molar-refractivity contribution is 0.102. The van der Waals surface area contributed by atoms with Gasteiger partial charge in [0.05, 0.1) is 11.2 Å². The first kappa shape index (κ1) is 14.1. The van der Waals surface area contributed by atoms with E-state index in [1.807, 2.05) is 19.9 Å². The first-order valence-electron chi connectivity index (χ1n) is 6.06. The van der Waals surface area contributed by atoms with E-state index >= 15 is 0 Å². The average molecular weight is 297 g/mol. The SMILES string of the molecule is CCCn1ncc(Cl)c1C(=O)c1cc(C)cc(Cl)c1. The number of benzene rings is 1. The molecule has 1 aromatic carbocycles. The van der Waals surface area contributed by atoms with E-state index in [4.69, 9.17) is 23.2 Å². The molecule has 19 heavy (non-hydrogen) atoms. The fourth-order valence-corrected chi connectivity index (χ4v) is 2.49. The molecular formula is C14H14Cl2N2O. The van der Waals surface area contributed by atoms with Crippen molar-refractivity contribution in [2.75, 3.05) is 0 Å². The van der Waals surface area contributed by atoms with Gasteiger partial charge in [0.2, 0.25) is 5.78 Å². The van der Waals surface area contributed by atoms with Gasteiger partial charge in [-0.15, -0.1) is 0 Å². The van der Waals surface area contributed by atoms with Crippen molar-refractivity contribution in [1.29, 1.82) is 0 Å². The molecule has 3 nitrogen and oxygen atoms in total. The maximum atomic E-state index is 12.5. The molecule has 5 heteroatoms. The summed E-state index contributed by atoms with van der Waals surface area (Å²) >= 11 is 12.1. The molecule has 0 atom stereocenters. The highest BCUT2D eigenvalue weighted by Crippen LogP contribution is 2.22. The van der Waals surface area contributed by atoms with Crippen LogP contribution in [0.25, 0.3) is 0 Å². The molecule has 1 aromatic heterocycles. The van der Waals surface area contributed by atoms with Gasteiger partial charge in [-0.3, -0.25) is 9.48 Å². The van der Waals surface area contributed by atoms with Crippen molar-refractivity contribution < 1.29 is 4.79 Å². The van der Waals surface area contributed by atoms with Crippen LogP contribution in [-0.2, 0) is 6.54 Å². The third-order valence-corrected chi connectivity index (χ3v) is 3.24. The molecule has 0 unspecified atom stereocenters. The number of hydrogen-bond acceptors (Lipinski definition) is 2. The molecular weight excluding hydrogens is 283 g/mol. The lowest BCUT2D eigenvalue weighted by Crippen LogP contribution is -2.12. The van der Waals surface area contributed by atoms with E-state index in [2.05, 4.69) is 5.10 Å². The Hall–Kier alpha value is -1.32. The predicted octanol–water partition coefficient (Wildman–Crippen LogP) is 4.14. The molecule has 0 spiro atoms. The minimum absolute atomic E-state index is 0.151. The van der Waals surface area contributed by atoms with Crippen LogP contribution in [-0.4, -0.2) is 15.6 Å². The topological polar surface area (TPSA) is 34.9 Å². The molecule has 2 aromatic rings. The van der Waals surface area contributed by atoms with E-state index in [1.165, 1.54) is 6.20 Å². The summed E-state index contributed by atoms with van der Waals surface area (Å²) in [5, 5.41) is 5.04. The second-order valence-corrected chi connectivity index (χ2v) is 5.25. The second-order valence-electron chi connectivity index (χ2n) is 4.41. The number of aromatic nitrogens is 2. The van der Waals surface area contributed by atoms with Gasteiger partial charge in [0.15, 0.2) is 0 Å². The van der Waals surface area contributed by atoms with Crippen LogP contribution in [0.15, 0.2) is 24.4 Å². The quantitative estimate of drug-likeness (QED) is 0.795. The molecule has 0 radical (unpaired) electrons. The summed E-state index contributed by atoms with van der Waals surface area (Å²) in [7, 11) is 0. The van der Waals surface area contributed by atoms with Crippen molar-refractivity contribution in [2.45, 2.75) is 26.8 Å². The van der Waals surface area contributed by atoms with Gasteiger partial charge in [0.25, 0.3) is 0 Å². The summed E-state index contributed by atoms with van der Waals surface area (Å²) in [4.78, 5) is 12.5.